The Kier molecular flexibility index (Phi) is 6.77. The molecule has 0 radical (unpaired) electrons. The molecule has 0 aromatic heterocycles. The minimum absolute atomic E-state index is 0.0459. The highest BCUT2D eigenvalue weighted by Crippen LogP contribution is 2.36. The molecule has 8 nitrogen and oxygen atoms in total. The lowest BCUT2D eigenvalue weighted by Gasteiger charge is -2.29. The van der Waals surface area contributed by atoms with Crippen LogP contribution >= 0.6 is 0 Å². The van der Waals surface area contributed by atoms with Crippen LogP contribution < -0.4 is 15.4 Å². The van der Waals surface area contributed by atoms with Gasteiger partial charge in [-0.1, -0.05) is 0 Å². The Morgan fingerprint density at radius 1 is 1.26 bits per heavy atom. The highest BCUT2D eigenvalue weighted by Gasteiger charge is 2.37. The highest BCUT2D eigenvalue weighted by molar-refractivity contribution is 6.00. The van der Waals surface area contributed by atoms with Crippen LogP contribution in [-0.4, -0.2) is 53.6 Å². The van der Waals surface area contributed by atoms with Crippen molar-refractivity contribution in [1.82, 2.24) is 10.2 Å². The van der Waals surface area contributed by atoms with Crippen LogP contribution in [0.1, 0.15) is 40.2 Å². The number of nitrogens with one attached hydrogen (secondary N) is 2. The Labute approximate surface area is 178 Å². The molecular formula is C20H26F3N3O5. The molecule has 1 heterocycles. The number of alkyl halides is 3. The van der Waals surface area contributed by atoms with Crippen LogP contribution in [0.3, 0.4) is 0 Å². The largest absolute Gasteiger partial charge is 0.486 e. The lowest BCUT2D eigenvalue weighted by atomic mass is 10.1. The molecule has 0 unspecified atom stereocenters. The third-order valence-electron chi connectivity index (χ3n) is 4.57. The molecule has 1 aliphatic heterocycles. The Hall–Kier alpha value is -2.98. The second kappa shape index (κ2) is 8.64. The standard InChI is InChI=1S/C20H26F3N3O5/c1-10(26(6)18(29)31-19(3,4)5)16(27)25-15-11(2)30-14-8-7-12(20(21,22)23)9-13(14)24-17(15)28/h7-11,15H,1-6H3,(H,24,28)(H,25,27)/t10-,11-,15-/m0/s1. The van der Waals surface area contributed by atoms with Crippen molar-refractivity contribution in [2.24, 2.45) is 0 Å². The molecule has 0 aliphatic carbocycles. The summed E-state index contributed by atoms with van der Waals surface area (Å²) in [4.78, 5) is 38.5. The first-order chi connectivity index (χ1) is 14.1. The van der Waals surface area contributed by atoms with Gasteiger partial charge in [-0.15, -0.1) is 0 Å². The van der Waals surface area contributed by atoms with E-state index >= 15 is 0 Å². The minimum atomic E-state index is -4.59. The van der Waals surface area contributed by atoms with E-state index in [1.807, 2.05) is 0 Å². The van der Waals surface area contributed by atoms with Gasteiger partial charge in [-0.05, 0) is 52.8 Å². The number of fused-ring (bicyclic) bond motifs is 1. The van der Waals surface area contributed by atoms with Gasteiger partial charge in [0.15, 0.2) is 0 Å². The summed E-state index contributed by atoms with van der Waals surface area (Å²) in [7, 11) is 1.37. The van der Waals surface area contributed by atoms with Gasteiger partial charge in [0.2, 0.25) is 5.91 Å². The summed E-state index contributed by atoms with van der Waals surface area (Å²) < 4.78 is 49.7. The van der Waals surface area contributed by atoms with Gasteiger partial charge in [0.25, 0.3) is 5.91 Å². The number of nitrogens with zero attached hydrogens (tertiary/aromatic N) is 1. The molecule has 1 aliphatic rings. The summed E-state index contributed by atoms with van der Waals surface area (Å²) in [5.41, 5.74) is -1.85. The summed E-state index contributed by atoms with van der Waals surface area (Å²) in [5, 5.41) is 4.85. The molecule has 1 aromatic carbocycles. The highest BCUT2D eigenvalue weighted by atomic mass is 19.4. The van der Waals surface area contributed by atoms with Crippen LogP contribution in [0.2, 0.25) is 0 Å². The number of amides is 3. The maximum Gasteiger partial charge on any atom is 0.416 e. The molecule has 11 heteroatoms. The van der Waals surface area contributed by atoms with Crippen LogP contribution in [0, 0.1) is 0 Å². The molecule has 0 bridgehead atoms. The average molecular weight is 445 g/mol. The van der Waals surface area contributed by atoms with E-state index in [1.165, 1.54) is 20.9 Å². The number of carbonyl (C=O) groups is 3. The van der Waals surface area contributed by atoms with Crippen LogP contribution in [0.4, 0.5) is 23.7 Å². The predicted octanol–water partition coefficient (Wildman–Crippen LogP) is 3.17. The van der Waals surface area contributed by atoms with E-state index < -0.39 is 53.4 Å². The quantitative estimate of drug-likeness (QED) is 0.745. The van der Waals surface area contributed by atoms with Crippen LogP contribution in [0.15, 0.2) is 18.2 Å². The van der Waals surface area contributed by atoms with E-state index in [4.69, 9.17) is 9.47 Å². The Balaban J connectivity index is 2.14. The van der Waals surface area contributed by atoms with Crippen molar-refractivity contribution in [3.8, 4) is 5.75 Å². The third kappa shape index (κ3) is 6.02. The number of ether oxygens (including phenoxy) is 2. The zero-order chi connectivity index (χ0) is 23.7. The molecular weight excluding hydrogens is 419 g/mol. The first kappa shape index (κ1) is 24.3. The Morgan fingerprint density at radius 2 is 1.87 bits per heavy atom. The molecule has 31 heavy (non-hydrogen) atoms. The van der Waals surface area contributed by atoms with Crippen LogP contribution in [0.25, 0.3) is 0 Å². The van der Waals surface area contributed by atoms with Crippen molar-refractivity contribution in [1.29, 1.82) is 0 Å². The van der Waals surface area contributed by atoms with E-state index in [9.17, 15) is 27.6 Å². The third-order valence-corrected chi connectivity index (χ3v) is 4.57. The van der Waals surface area contributed by atoms with E-state index in [2.05, 4.69) is 10.6 Å². The van der Waals surface area contributed by atoms with Gasteiger partial charge in [0.05, 0.1) is 11.3 Å². The number of benzene rings is 1. The number of rotatable bonds is 3. The van der Waals surface area contributed by atoms with Crippen LogP contribution in [-0.2, 0) is 20.5 Å². The smallest absolute Gasteiger partial charge is 0.416 e. The fourth-order valence-corrected chi connectivity index (χ4v) is 2.72. The maximum atomic E-state index is 13.0. The first-order valence-corrected chi connectivity index (χ1v) is 9.55. The van der Waals surface area contributed by atoms with Crippen molar-refractivity contribution >= 4 is 23.6 Å². The summed E-state index contributed by atoms with van der Waals surface area (Å²) in [5.74, 6) is -1.36. The molecule has 1 aromatic rings. The van der Waals surface area contributed by atoms with E-state index in [0.717, 1.165) is 23.1 Å². The molecule has 0 saturated heterocycles. The van der Waals surface area contributed by atoms with Gasteiger partial charge in [0, 0.05) is 7.05 Å². The number of hydrogen-bond donors (Lipinski definition) is 2. The first-order valence-electron chi connectivity index (χ1n) is 9.55. The van der Waals surface area contributed by atoms with E-state index in [0.29, 0.717) is 0 Å². The molecule has 3 amide bonds. The number of likely N-dealkylation sites (N-methyl/N-ethyl adjacent to an activating group) is 1. The molecule has 2 N–H and O–H groups in total. The molecule has 3 atom stereocenters. The van der Waals surface area contributed by atoms with Gasteiger partial charge >= 0.3 is 12.3 Å². The van der Waals surface area contributed by atoms with Crippen molar-refractivity contribution in [2.45, 2.75) is 64.6 Å². The summed E-state index contributed by atoms with van der Waals surface area (Å²) in [6.45, 7) is 7.99. The number of anilines is 1. The Morgan fingerprint density at radius 3 is 2.42 bits per heavy atom. The van der Waals surface area contributed by atoms with Gasteiger partial charge in [-0.2, -0.15) is 13.2 Å². The number of hydrogen-bond acceptors (Lipinski definition) is 5. The monoisotopic (exact) mass is 445 g/mol. The topological polar surface area (TPSA) is 97.0 Å². The van der Waals surface area contributed by atoms with Gasteiger partial charge in [-0.25, -0.2) is 4.79 Å². The van der Waals surface area contributed by atoms with Crippen molar-refractivity contribution < 1.29 is 37.0 Å². The predicted molar refractivity (Wildman–Crippen MR) is 106 cm³/mol. The molecule has 2 rings (SSSR count). The van der Waals surface area contributed by atoms with Crippen molar-refractivity contribution in [3.05, 3.63) is 23.8 Å². The fraction of sp³-hybridized carbons (Fsp3) is 0.550. The summed E-state index contributed by atoms with van der Waals surface area (Å²) >= 11 is 0. The minimum Gasteiger partial charge on any atom is -0.486 e. The lowest BCUT2D eigenvalue weighted by molar-refractivity contribution is -0.137. The van der Waals surface area contributed by atoms with Crippen LogP contribution in [0.5, 0.6) is 5.75 Å². The van der Waals surface area contributed by atoms with E-state index in [-0.39, 0.29) is 11.4 Å². The number of carbonyl (C=O) groups excluding carboxylic acids is 3. The number of halogens is 3. The zero-order valence-electron chi connectivity index (χ0n) is 18.1. The van der Waals surface area contributed by atoms with Gasteiger partial charge in [-0.3, -0.25) is 14.5 Å². The normalized spacial score (nSPS) is 19.8. The molecule has 0 spiro atoms. The Bertz CT molecular complexity index is 867. The lowest BCUT2D eigenvalue weighted by Crippen LogP contribution is -2.56. The van der Waals surface area contributed by atoms with Gasteiger partial charge in [0.1, 0.15) is 29.5 Å². The SMILES string of the molecule is C[C@@H]1Oc2ccc(C(F)(F)F)cc2NC(=O)[C@H]1NC(=O)[C@H](C)N(C)C(=O)OC(C)(C)C. The molecule has 0 fully saturated rings. The van der Waals surface area contributed by atoms with Crippen molar-refractivity contribution in [2.75, 3.05) is 12.4 Å². The molecule has 172 valence electrons. The fourth-order valence-electron chi connectivity index (χ4n) is 2.72. The second-order valence-corrected chi connectivity index (χ2v) is 8.27. The summed E-state index contributed by atoms with van der Waals surface area (Å²) in [6, 6.07) is 0.524. The molecule has 0 saturated carbocycles. The average Bonchev–Trinajstić information content (AvgIpc) is 2.74. The van der Waals surface area contributed by atoms with Crippen molar-refractivity contribution in [3.63, 3.8) is 0 Å². The second-order valence-electron chi connectivity index (χ2n) is 8.27. The van der Waals surface area contributed by atoms with Gasteiger partial charge < -0.3 is 20.1 Å². The zero-order valence-corrected chi connectivity index (χ0v) is 18.1. The maximum absolute atomic E-state index is 13.0. The summed E-state index contributed by atoms with van der Waals surface area (Å²) in [6.07, 6.45) is -6.20. The van der Waals surface area contributed by atoms with E-state index in [1.54, 1.807) is 20.8 Å².